The van der Waals surface area contributed by atoms with E-state index in [2.05, 4.69) is 60.7 Å². The molecule has 0 radical (unpaired) electrons. The summed E-state index contributed by atoms with van der Waals surface area (Å²) in [5.74, 6) is 0. The van der Waals surface area contributed by atoms with Crippen LogP contribution >= 0.6 is 11.6 Å². The van der Waals surface area contributed by atoms with Gasteiger partial charge in [0.25, 0.3) is 0 Å². The first kappa shape index (κ1) is 11.1. The first-order valence-corrected chi connectivity index (χ1v) is 13.3. The number of rotatable bonds is 3. The number of hydrogen-bond donors (Lipinski definition) is 0. The van der Waals surface area contributed by atoms with E-state index in [-0.39, 0.29) is 0 Å². The van der Waals surface area contributed by atoms with Crippen LogP contribution in [0.5, 0.6) is 0 Å². The summed E-state index contributed by atoms with van der Waals surface area (Å²) in [5.41, 5.74) is 0. The van der Waals surface area contributed by atoms with Gasteiger partial charge in [-0.25, -0.2) is 0 Å². The zero-order valence-electron chi connectivity index (χ0n) is 8.44. The van der Waals surface area contributed by atoms with Crippen molar-refractivity contribution in [2.75, 3.05) is 3.44 Å². The molecule has 2 heteroatoms. The normalized spacial score (nSPS) is 10.5. The molecule has 76 valence electrons. The molecule has 0 fully saturated rings. The van der Waals surface area contributed by atoms with Crippen LogP contribution in [0.15, 0.2) is 60.7 Å². The molecule has 2 aromatic carbocycles. The van der Waals surface area contributed by atoms with E-state index in [1.54, 1.807) is 0 Å². The molecule has 0 atom stereocenters. The van der Waals surface area contributed by atoms with Gasteiger partial charge in [-0.1, -0.05) is 0 Å². The number of benzene rings is 2. The first-order valence-electron chi connectivity index (χ1n) is 5.07. The van der Waals surface area contributed by atoms with Crippen molar-refractivity contribution < 1.29 is 0 Å². The zero-order valence-corrected chi connectivity index (χ0v) is 13.7. The monoisotopic (exact) mass is 412 g/mol. The van der Waals surface area contributed by atoms with E-state index in [0.717, 1.165) is 3.44 Å². The molecule has 0 nitrogen and oxygen atoms in total. The van der Waals surface area contributed by atoms with Crippen LogP contribution in [0.25, 0.3) is 0 Å². The van der Waals surface area contributed by atoms with E-state index in [9.17, 15) is 0 Å². The molecule has 0 N–H and O–H groups in total. The maximum atomic E-state index is 6.14. The molecule has 2 aromatic rings. The minimum atomic E-state index is -2.04. The summed E-state index contributed by atoms with van der Waals surface area (Å²) in [4.78, 5) is 0. The molecule has 0 amide bonds. The molecule has 0 saturated carbocycles. The zero-order chi connectivity index (χ0) is 10.5. The van der Waals surface area contributed by atoms with Crippen LogP contribution in [-0.2, 0) is 0 Å². The molecule has 0 bridgehead atoms. The fourth-order valence-corrected chi connectivity index (χ4v) is 13.1. The predicted molar refractivity (Wildman–Crippen MR) is 70.0 cm³/mol. The van der Waals surface area contributed by atoms with Crippen LogP contribution in [-0.4, -0.2) is 26.1 Å². The summed E-state index contributed by atoms with van der Waals surface area (Å²) in [7, 11) is 0. The van der Waals surface area contributed by atoms with E-state index in [4.69, 9.17) is 11.6 Å². The van der Waals surface area contributed by atoms with Crippen molar-refractivity contribution >= 4 is 40.6 Å². The van der Waals surface area contributed by atoms with Crippen molar-refractivity contribution in [3.8, 4) is 0 Å². The molecule has 0 aliphatic carbocycles. The second kappa shape index (κ2) is 5.66. The SMILES string of the molecule is Cl[CH2][PbH]([c]1ccccc1)[c]1ccccc1. The standard InChI is InChI=1S/2C6H5.CH2Cl.Pb.H/c2*1-2-4-6-5-3-1;1-2;;/h2*1-5H;1H2;;. The topological polar surface area (TPSA) is 0 Å². The van der Waals surface area contributed by atoms with Crippen molar-refractivity contribution in [3.05, 3.63) is 60.7 Å². The first-order chi connectivity index (χ1) is 7.42. The molecule has 0 aliphatic rings. The van der Waals surface area contributed by atoms with Gasteiger partial charge in [0.2, 0.25) is 0 Å². The van der Waals surface area contributed by atoms with Gasteiger partial charge in [0.15, 0.2) is 0 Å². The van der Waals surface area contributed by atoms with Gasteiger partial charge in [0.05, 0.1) is 0 Å². The molecule has 15 heavy (non-hydrogen) atoms. The van der Waals surface area contributed by atoms with E-state index < -0.39 is 22.7 Å². The predicted octanol–water partition coefficient (Wildman–Crippen LogP) is 1.81. The Hall–Kier alpha value is -0.348. The van der Waals surface area contributed by atoms with Crippen LogP contribution in [0.3, 0.4) is 0 Å². The number of halogens is 1. The third-order valence-corrected chi connectivity index (χ3v) is 15.7. The Bertz CT molecular complexity index is 360. The van der Waals surface area contributed by atoms with Gasteiger partial charge in [0, 0.05) is 0 Å². The van der Waals surface area contributed by atoms with Crippen molar-refractivity contribution in [2.24, 2.45) is 0 Å². The molecular weight excluding hydrogens is 399 g/mol. The molecule has 0 unspecified atom stereocenters. The molecule has 0 spiro atoms. The Kier molecular flexibility index (Phi) is 4.21. The second-order valence-corrected chi connectivity index (χ2v) is 16.9. The van der Waals surface area contributed by atoms with E-state index in [1.165, 1.54) is 6.25 Å². The van der Waals surface area contributed by atoms with Gasteiger partial charge < -0.3 is 0 Å². The Labute approximate surface area is 104 Å². The Morgan fingerprint density at radius 3 is 1.47 bits per heavy atom. The molecule has 0 aromatic heterocycles. The summed E-state index contributed by atoms with van der Waals surface area (Å²) in [6.45, 7) is 0. The van der Waals surface area contributed by atoms with Crippen LogP contribution in [0.1, 0.15) is 0 Å². The molecule has 2 rings (SSSR count). The summed E-state index contributed by atoms with van der Waals surface area (Å²) < 4.78 is 3.84. The Balaban J connectivity index is 2.34. The van der Waals surface area contributed by atoms with Gasteiger partial charge in [-0.2, -0.15) is 0 Å². The van der Waals surface area contributed by atoms with Crippen molar-refractivity contribution in [1.29, 1.82) is 0 Å². The van der Waals surface area contributed by atoms with Crippen LogP contribution in [0.4, 0.5) is 0 Å². The van der Waals surface area contributed by atoms with Gasteiger partial charge in [0.1, 0.15) is 0 Å². The van der Waals surface area contributed by atoms with Crippen molar-refractivity contribution in [2.45, 2.75) is 0 Å². The maximum absolute atomic E-state index is 6.14. The Morgan fingerprint density at radius 1 is 0.733 bits per heavy atom. The Morgan fingerprint density at radius 2 is 1.13 bits per heavy atom. The molecule has 0 saturated heterocycles. The van der Waals surface area contributed by atoms with Crippen LogP contribution in [0.2, 0.25) is 0 Å². The van der Waals surface area contributed by atoms with Crippen molar-refractivity contribution in [3.63, 3.8) is 0 Å². The van der Waals surface area contributed by atoms with Gasteiger partial charge >= 0.3 is 105 Å². The van der Waals surface area contributed by atoms with E-state index >= 15 is 0 Å². The number of hydrogen-bond acceptors (Lipinski definition) is 0. The summed E-state index contributed by atoms with van der Waals surface area (Å²) >= 11 is 4.09. The third-order valence-electron chi connectivity index (χ3n) is 2.56. The minimum absolute atomic E-state index is 0.841. The summed E-state index contributed by atoms with van der Waals surface area (Å²) in [6.07, 6.45) is 0. The molecule has 0 aliphatic heterocycles. The van der Waals surface area contributed by atoms with Crippen LogP contribution in [0, 0.1) is 0 Å². The number of alkyl halides is 1. The fraction of sp³-hybridized carbons (Fsp3) is 0.0769. The average Bonchev–Trinajstić information content (AvgIpc) is 2.33. The van der Waals surface area contributed by atoms with Crippen molar-refractivity contribution in [1.82, 2.24) is 0 Å². The fourth-order valence-electron chi connectivity index (χ4n) is 1.74. The van der Waals surface area contributed by atoms with Gasteiger partial charge in [-0.15, -0.1) is 0 Å². The molecule has 0 heterocycles. The summed E-state index contributed by atoms with van der Waals surface area (Å²) in [5, 5.41) is 0. The van der Waals surface area contributed by atoms with Crippen LogP contribution < -0.4 is 6.25 Å². The molecular formula is C13H13ClPb. The average molecular weight is 412 g/mol. The van der Waals surface area contributed by atoms with E-state index in [1.807, 2.05) is 0 Å². The van der Waals surface area contributed by atoms with Gasteiger partial charge in [-0.05, 0) is 0 Å². The third kappa shape index (κ3) is 2.82. The summed E-state index contributed by atoms with van der Waals surface area (Å²) in [6, 6.07) is 21.5. The second-order valence-electron chi connectivity index (χ2n) is 3.53. The van der Waals surface area contributed by atoms with E-state index in [0.29, 0.717) is 0 Å². The quantitative estimate of drug-likeness (QED) is 0.534. The van der Waals surface area contributed by atoms with Gasteiger partial charge in [-0.3, -0.25) is 0 Å².